The molecular weight excluding hydrogens is 326 g/mol. The van der Waals surface area contributed by atoms with Crippen LogP contribution >= 0.6 is 0 Å². The Hall–Kier alpha value is -2.23. The van der Waals surface area contributed by atoms with Crippen LogP contribution in [0, 0.1) is 11.3 Å². The molecule has 1 saturated heterocycles. The Morgan fingerprint density at radius 3 is 2.81 bits per heavy atom. The van der Waals surface area contributed by atoms with Crippen molar-refractivity contribution < 1.29 is 5.11 Å². The minimum Gasteiger partial charge on any atom is -0.388 e. The van der Waals surface area contributed by atoms with Crippen LogP contribution in [0.3, 0.4) is 0 Å². The summed E-state index contributed by atoms with van der Waals surface area (Å²) in [6.45, 7) is 6.19. The number of aliphatic hydroxyl groups is 1. The molecule has 0 radical (unpaired) electrons. The van der Waals surface area contributed by atoms with Gasteiger partial charge in [0, 0.05) is 26.6 Å². The van der Waals surface area contributed by atoms with Crippen LogP contribution in [0.1, 0.15) is 43.6 Å². The van der Waals surface area contributed by atoms with Crippen LogP contribution in [-0.2, 0) is 25.4 Å². The van der Waals surface area contributed by atoms with Crippen molar-refractivity contribution in [3.8, 4) is 6.07 Å². The molecule has 2 heterocycles. The highest BCUT2D eigenvalue weighted by atomic mass is 16.3. The van der Waals surface area contributed by atoms with E-state index in [0.29, 0.717) is 13.0 Å². The first-order valence-electron chi connectivity index (χ1n) is 9.10. The van der Waals surface area contributed by atoms with Crippen LogP contribution in [0.25, 0.3) is 0 Å². The number of nitrogens with zero attached hydrogens (tertiary/aromatic N) is 5. The Morgan fingerprint density at radius 1 is 1.35 bits per heavy atom. The first kappa shape index (κ1) is 18.6. The normalized spacial score (nSPS) is 21.5. The van der Waals surface area contributed by atoms with Crippen molar-refractivity contribution in [1.29, 1.82) is 5.26 Å². The lowest BCUT2D eigenvalue weighted by atomic mass is 9.82. The van der Waals surface area contributed by atoms with E-state index in [1.54, 1.807) is 6.33 Å². The van der Waals surface area contributed by atoms with E-state index < -0.39 is 11.0 Å². The summed E-state index contributed by atoms with van der Waals surface area (Å²) in [5, 5.41) is 28.7. The predicted octanol–water partition coefficient (Wildman–Crippen LogP) is 2.19. The van der Waals surface area contributed by atoms with Crippen LogP contribution in [0.15, 0.2) is 30.6 Å². The SMILES string of the molecule is Cn1cnnc1CC1(O)CCCN(Cc2ccccc2C(C)(C)C#N)C1. The fraction of sp³-hybridized carbons (Fsp3) is 0.550. The zero-order chi connectivity index (χ0) is 18.8. The molecule has 0 aliphatic carbocycles. The number of piperidine rings is 1. The number of hydrogen-bond donors (Lipinski definition) is 1. The van der Waals surface area contributed by atoms with Crippen molar-refractivity contribution in [3.63, 3.8) is 0 Å². The first-order valence-corrected chi connectivity index (χ1v) is 9.10. The summed E-state index contributed by atoms with van der Waals surface area (Å²) in [6.07, 6.45) is 3.88. The van der Waals surface area contributed by atoms with Crippen molar-refractivity contribution in [2.75, 3.05) is 13.1 Å². The van der Waals surface area contributed by atoms with Crippen LogP contribution in [0.5, 0.6) is 0 Å². The Morgan fingerprint density at radius 2 is 2.12 bits per heavy atom. The van der Waals surface area contributed by atoms with Gasteiger partial charge in [-0.2, -0.15) is 5.26 Å². The van der Waals surface area contributed by atoms with Gasteiger partial charge in [-0.25, -0.2) is 0 Å². The maximum Gasteiger partial charge on any atom is 0.135 e. The van der Waals surface area contributed by atoms with E-state index in [9.17, 15) is 10.4 Å². The smallest absolute Gasteiger partial charge is 0.135 e. The van der Waals surface area contributed by atoms with Crippen LogP contribution in [0.2, 0.25) is 0 Å². The topological polar surface area (TPSA) is 78.0 Å². The number of β-amino-alcohol motifs (C(OH)–C–C–N with tert-alkyl or cyclic N) is 1. The third-order valence-corrected chi connectivity index (χ3v) is 5.29. The van der Waals surface area contributed by atoms with E-state index in [1.165, 1.54) is 0 Å². The van der Waals surface area contributed by atoms with Gasteiger partial charge in [-0.3, -0.25) is 4.90 Å². The van der Waals surface area contributed by atoms with E-state index in [4.69, 9.17) is 0 Å². The van der Waals surface area contributed by atoms with E-state index in [2.05, 4.69) is 27.2 Å². The van der Waals surface area contributed by atoms with E-state index in [0.717, 1.165) is 42.9 Å². The molecule has 1 atom stereocenters. The lowest BCUT2D eigenvalue weighted by molar-refractivity contribution is -0.0345. The Kier molecular flexibility index (Phi) is 5.12. The summed E-state index contributed by atoms with van der Waals surface area (Å²) < 4.78 is 1.86. The molecule has 0 spiro atoms. The molecule has 26 heavy (non-hydrogen) atoms. The van der Waals surface area contributed by atoms with Gasteiger partial charge in [0.2, 0.25) is 0 Å². The van der Waals surface area contributed by atoms with Gasteiger partial charge in [0.15, 0.2) is 0 Å². The van der Waals surface area contributed by atoms with Crippen molar-refractivity contribution in [2.45, 2.75) is 50.7 Å². The molecule has 1 aromatic heterocycles. The second-order valence-electron chi connectivity index (χ2n) is 7.97. The minimum absolute atomic E-state index is 0.505. The average Bonchev–Trinajstić information content (AvgIpc) is 2.99. The number of aromatic nitrogens is 3. The number of benzene rings is 1. The molecule has 0 saturated carbocycles. The zero-order valence-corrected chi connectivity index (χ0v) is 15.8. The van der Waals surface area contributed by atoms with Crippen molar-refractivity contribution in [3.05, 3.63) is 47.5 Å². The van der Waals surface area contributed by atoms with Gasteiger partial charge >= 0.3 is 0 Å². The summed E-state index contributed by atoms with van der Waals surface area (Å²) in [5.74, 6) is 0.806. The molecule has 1 N–H and O–H groups in total. The summed E-state index contributed by atoms with van der Waals surface area (Å²) >= 11 is 0. The van der Waals surface area contributed by atoms with Crippen molar-refractivity contribution >= 4 is 0 Å². The second-order valence-corrected chi connectivity index (χ2v) is 7.97. The van der Waals surface area contributed by atoms with Gasteiger partial charge in [-0.15, -0.1) is 10.2 Å². The van der Waals surface area contributed by atoms with E-state index in [1.807, 2.05) is 43.7 Å². The lowest BCUT2D eigenvalue weighted by Crippen LogP contribution is -2.49. The van der Waals surface area contributed by atoms with Crippen molar-refractivity contribution in [2.24, 2.45) is 7.05 Å². The fourth-order valence-electron chi connectivity index (χ4n) is 3.82. The lowest BCUT2D eigenvalue weighted by Gasteiger charge is -2.39. The molecule has 2 aromatic rings. The maximum atomic E-state index is 11.1. The molecule has 1 fully saturated rings. The van der Waals surface area contributed by atoms with Gasteiger partial charge in [-0.1, -0.05) is 24.3 Å². The van der Waals surface area contributed by atoms with Crippen LogP contribution in [0.4, 0.5) is 0 Å². The van der Waals surface area contributed by atoms with Crippen LogP contribution < -0.4 is 0 Å². The highest BCUT2D eigenvalue weighted by molar-refractivity contribution is 5.37. The summed E-state index contributed by atoms with van der Waals surface area (Å²) in [5.41, 5.74) is 0.895. The van der Waals surface area contributed by atoms with Gasteiger partial charge in [0.05, 0.1) is 17.1 Å². The third kappa shape index (κ3) is 3.95. The third-order valence-electron chi connectivity index (χ3n) is 5.29. The molecule has 6 nitrogen and oxygen atoms in total. The number of rotatable bonds is 5. The van der Waals surface area contributed by atoms with Crippen molar-refractivity contribution in [1.82, 2.24) is 19.7 Å². The average molecular weight is 353 g/mol. The highest BCUT2D eigenvalue weighted by Gasteiger charge is 2.35. The van der Waals surface area contributed by atoms with Gasteiger partial charge < -0.3 is 9.67 Å². The fourth-order valence-corrected chi connectivity index (χ4v) is 3.82. The zero-order valence-electron chi connectivity index (χ0n) is 15.8. The molecule has 6 heteroatoms. The quantitative estimate of drug-likeness (QED) is 0.891. The Bertz CT molecular complexity index is 807. The largest absolute Gasteiger partial charge is 0.388 e. The minimum atomic E-state index is -0.793. The number of aryl methyl sites for hydroxylation is 1. The molecule has 1 aromatic carbocycles. The first-order chi connectivity index (χ1) is 12.3. The van der Waals surface area contributed by atoms with Gasteiger partial charge in [-0.05, 0) is 44.4 Å². The molecule has 0 bridgehead atoms. The number of likely N-dealkylation sites (tertiary alicyclic amines) is 1. The monoisotopic (exact) mass is 353 g/mol. The Labute approximate surface area is 155 Å². The molecule has 1 aliphatic heterocycles. The molecule has 0 amide bonds. The molecular formula is C20H27N5O. The van der Waals surface area contributed by atoms with E-state index >= 15 is 0 Å². The summed E-state index contributed by atoms with van der Waals surface area (Å²) in [6, 6.07) is 10.5. The predicted molar refractivity (Wildman–Crippen MR) is 99.2 cm³/mol. The number of hydrogen-bond acceptors (Lipinski definition) is 5. The highest BCUT2D eigenvalue weighted by Crippen LogP contribution is 2.29. The standard InChI is InChI=1S/C20H27N5O/c1-19(2,13-21)17-8-5-4-7-16(17)12-25-10-6-9-20(26,14-25)11-18-23-22-15-24(18)3/h4-5,7-8,15,26H,6,9-12,14H2,1-3H3. The summed E-state index contributed by atoms with van der Waals surface area (Å²) in [7, 11) is 1.90. The Balaban J connectivity index is 1.76. The molecule has 138 valence electrons. The van der Waals surface area contributed by atoms with Gasteiger partial charge in [0.1, 0.15) is 12.2 Å². The maximum absolute atomic E-state index is 11.1. The van der Waals surface area contributed by atoms with Gasteiger partial charge in [0.25, 0.3) is 0 Å². The summed E-state index contributed by atoms with van der Waals surface area (Å²) in [4.78, 5) is 2.28. The molecule has 1 unspecified atom stereocenters. The van der Waals surface area contributed by atoms with Crippen LogP contribution in [-0.4, -0.2) is 43.5 Å². The second kappa shape index (κ2) is 7.18. The van der Waals surface area contributed by atoms with E-state index in [-0.39, 0.29) is 0 Å². The molecule has 1 aliphatic rings. The molecule has 3 rings (SSSR count). The number of nitriles is 1.